The van der Waals surface area contributed by atoms with Crippen molar-refractivity contribution >= 4 is 5.97 Å². The van der Waals surface area contributed by atoms with Gasteiger partial charge >= 0.3 is 5.97 Å². The number of nitrogens with zero attached hydrogens (tertiary/aromatic N) is 1. The van der Waals surface area contributed by atoms with E-state index in [1.165, 1.54) is 7.11 Å². The highest BCUT2D eigenvalue weighted by Gasteiger charge is 2.12. The smallest absolute Gasteiger partial charge is 0.322 e. The zero-order valence-corrected chi connectivity index (χ0v) is 8.14. The number of pyridine rings is 1. The van der Waals surface area contributed by atoms with E-state index in [-0.39, 0.29) is 5.97 Å². The molecule has 0 fully saturated rings. The summed E-state index contributed by atoms with van der Waals surface area (Å²) in [5.74, 6) is -0.367. The van der Waals surface area contributed by atoms with Crippen LogP contribution in [0.3, 0.4) is 0 Å². The highest BCUT2D eigenvalue weighted by atomic mass is 16.5. The lowest BCUT2D eigenvalue weighted by Gasteiger charge is -2.08. The summed E-state index contributed by atoms with van der Waals surface area (Å²) in [5.41, 5.74) is 6.66. The van der Waals surface area contributed by atoms with Crippen molar-refractivity contribution in [2.45, 2.75) is 18.9 Å². The van der Waals surface area contributed by atoms with Crippen LogP contribution in [0.15, 0.2) is 24.5 Å². The van der Waals surface area contributed by atoms with Gasteiger partial charge in [-0.2, -0.15) is 0 Å². The average Bonchev–Trinajstić information content (AvgIpc) is 2.26. The molecular formula is C10H14N2O2. The molecule has 0 radical (unpaired) electrons. The predicted molar refractivity (Wildman–Crippen MR) is 52.5 cm³/mol. The van der Waals surface area contributed by atoms with Gasteiger partial charge < -0.3 is 10.5 Å². The molecule has 0 saturated carbocycles. The summed E-state index contributed by atoms with van der Waals surface area (Å²) < 4.78 is 4.52. The lowest BCUT2D eigenvalue weighted by atomic mass is 10.1. The van der Waals surface area contributed by atoms with Crippen LogP contribution in [-0.4, -0.2) is 24.1 Å². The minimum atomic E-state index is -0.541. The molecule has 0 aromatic carbocycles. The summed E-state index contributed by atoms with van der Waals surface area (Å²) in [6.45, 7) is 0. The quantitative estimate of drug-likeness (QED) is 0.709. The lowest BCUT2D eigenvalue weighted by Crippen LogP contribution is -2.31. The number of aromatic nitrogens is 1. The van der Waals surface area contributed by atoms with E-state index >= 15 is 0 Å². The first-order valence-corrected chi connectivity index (χ1v) is 4.46. The Balaban J connectivity index is 2.38. The lowest BCUT2D eigenvalue weighted by molar-refractivity contribution is -0.142. The normalized spacial score (nSPS) is 12.1. The van der Waals surface area contributed by atoms with Crippen molar-refractivity contribution in [3.05, 3.63) is 30.1 Å². The van der Waals surface area contributed by atoms with E-state index in [2.05, 4.69) is 9.72 Å². The average molecular weight is 194 g/mol. The summed E-state index contributed by atoms with van der Waals surface area (Å²) in [6.07, 6.45) is 4.80. The van der Waals surface area contributed by atoms with Crippen molar-refractivity contribution in [1.29, 1.82) is 0 Å². The first-order chi connectivity index (χ1) is 6.74. The van der Waals surface area contributed by atoms with Gasteiger partial charge in [-0.1, -0.05) is 6.07 Å². The van der Waals surface area contributed by atoms with E-state index in [4.69, 9.17) is 5.73 Å². The van der Waals surface area contributed by atoms with E-state index in [0.717, 1.165) is 12.0 Å². The van der Waals surface area contributed by atoms with E-state index in [0.29, 0.717) is 6.42 Å². The van der Waals surface area contributed by atoms with Gasteiger partial charge in [0.1, 0.15) is 6.04 Å². The second kappa shape index (κ2) is 5.34. The highest BCUT2D eigenvalue weighted by Crippen LogP contribution is 2.02. The molecule has 1 rings (SSSR count). The van der Waals surface area contributed by atoms with Crippen molar-refractivity contribution in [3.8, 4) is 0 Å². The highest BCUT2D eigenvalue weighted by molar-refractivity contribution is 5.75. The maximum absolute atomic E-state index is 11.0. The number of rotatable bonds is 4. The largest absolute Gasteiger partial charge is 0.468 e. The second-order valence-electron chi connectivity index (χ2n) is 3.03. The van der Waals surface area contributed by atoms with Gasteiger partial charge in [0.15, 0.2) is 0 Å². The molecule has 0 aliphatic carbocycles. The molecular weight excluding hydrogens is 180 g/mol. The minimum Gasteiger partial charge on any atom is -0.468 e. The maximum Gasteiger partial charge on any atom is 0.322 e. The molecule has 4 nitrogen and oxygen atoms in total. The molecule has 1 aromatic heterocycles. The van der Waals surface area contributed by atoms with Crippen LogP contribution in [0.4, 0.5) is 0 Å². The summed E-state index contributed by atoms with van der Waals surface area (Å²) in [5, 5.41) is 0. The van der Waals surface area contributed by atoms with Crippen LogP contribution in [0.1, 0.15) is 12.0 Å². The molecule has 2 N–H and O–H groups in total. The SMILES string of the molecule is COC(=O)C(N)CCc1cccnc1. The van der Waals surface area contributed by atoms with Crippen LogP contribution in [0.2, 0.25) is 0 Å². The molecule has 0 bridgehead atoms. The Labute approximate surface area is 83.1 Å². The van der Waals surface area contributed by atoms with Crippen LogP contribution in [0.25, 0.3) is 0 Å². The molecule has 0 aliphatic heterocycles. The van der Waals surface area contributed by atoms with Crippen molar-refractivity contribution < 1.29 is 9.53 Å². The molecule has 1 unspecified atom stereocenters. The fourth-order valence-electron chi connectivity index (χ4n) is 1.14. The summed E-state index contributed by atoms with van der Waals surface area (Å²) in [6, 6.07) is 3.27. The third kappa shape index (κ3) is 3.14. The van der Waals surface area contributed by atoms with Crippen LogP contribution in [0.5, 0.6) is 0 Å². The van der Waals surface area contributed by atoms with E-state index in [9.17, 15) is 4.79 Å². The van der Waals surface area contributed by atoms with Crippen molar-refractivity contribution in [2.24, 2.45) is 5.73 Å². The number of nitrogens with two attached hydrogens (primary N) is 1. The Morgan fingerprint density at radius 1 is 1.71 bits per heavy atom. The molecule has 1 atom stereocenters. The summed E-state index contributed by atoms with van der Waals surface area (Å²) in [4.78, 5) is 14.9. The monoisotopic (exact) mass is 194 g/mol. The van der Waals surface area contributed by atoms with Gasteiger partial charge in [0.25, 0.3) is 0 Å². The zero-order chi connectivity index (χ0) is 10.4. The fraction of sp³-hybridized carbons (Fsp3) is 0.400. The molecule has 4 heteroatoms. The van der Waals surface area contributed by atoms with Crippen LogP contribution in [-0.2, 0) is 16.0 Å². The van der Waals surface area contributed by atoms with Gasteiger partial charge in [-0.05, 0) is 24.5 Å². The number of carbonyl (C=O) groups excluding carboxylic acids is 1. The molecule has 0 spiro atoms. The summed E-state index contributed by atoms with van der Waals surface area (Å²) in [7, 11) is 1.34. The predicted octanol–water partition coefficient (Wildman–Crippen LogP) is 0.514. The molecule has 0 amide bonds. The fourth-order valence-corrected chi connectivity index (χ4v) is 1.14. The van der Waals surface area contributed by atoms with Gasteiger partial charge in [0, 0.05) is 12.4 Å². The van der Waals surface area contributed by atoms with Gasteiger partial charge in [-0.3, -0.25) is 9.78 Å². The van der Waals surface area contributed by atoms with Crippen molar-refractivity contribution in [1.82, 2.24) is 4.98 Å². The number of hydrogen-bond acceptors (Lipinski definition) is 4. The van der Waals surface area contributed by atoms with Crippen molar-refractivity contribution in [3.63, 3.8) is 0 Å². The maximum atomic E-state index is 11.0. The molecule has 0 saturated heterocycles. The van der Waals surface area contributed by atoms with Crippen LogP contribution >= 0.6 is 0 Å². The Morgan fingerprint density at radius 3 is 3.07 bits per heavy atom. The van der Waals surface area contributed by atoms with Crippen LogP contribution < -0.4 is 5.73 Å². The summed E-state index contributed by atoms with van der Waals surface area (Å²) >= 11 is 0. The van der Waals surface area contributed by atoms with E-state index in [1.54, 1.807) is 12.4 Å². The van der Waals surface area contributed by atoms with Crippen molar-refractivity contribution in [2.75, 3.05) is 7.11 Å². The number of aryl methyl sites for hydroxylation is 1. The molecule has 1 aromatic rings. The van der Waals surface area contributed by atoms with Gasteiger partial charge in [0.05, 0.1) is 7.11 Å². The number of carbonyl (C=O) groups is 1. The number of methoxy groups -OCH3 is 1. The standard InChI is InChI=1S/C10H14N2O2/c1-14-10(13)9(11)5-4-8-3-2-6-12-7-8/h2-3,6-7,9H,4-5,11H2,1H3. The third-order valence-corrected chi connectivity index (χ3v) is 1.97. The van der Waals surface area contributed by atoms with E-state index in [1.807, 2.05) is 12.1 Å². The second-order valence-corrected chi connectivity index (χ2v) is 3.03. The Kier molecular flexibility index (Phi) is 4.07. The zero-order valence-electron chi connectivity index (χ0n) is 8.14. The Hall–Kier alpha value is -1.42. The van der Waals surface area contributed by atoms with Gasteiger partial charge in [-0.25, -0.2) is 0 Å². The minimum absolute atomic E-state index is 0.367. The topological polar surface area (TPSA) is 65.2 Å². The first kappa shape index (κ1) is 10.7. The third-order valence-electron chi connectivity index (χ3n) is 1.97. The van der Waals surface area contributed by atoms with Gasteiger partial charge in [-0.15, -0.1) is 0 Å². The Morgan fingerprint density at radius 2 is 2.50 bits per heavy atom. The number of esters is 1. The van der Waals surface area contributed by atoms with Crippen LogP contribution in [0, 0.1) is 0 Å². The number of ether oxygens (including phenoxy) is 1. The van der Waals surface area contributed by atoms with Gasteiger partial charge in [0.2, 0.25) is 0 Å². The Bertz CT molecular complexity index is 287. The molecule has 1 heterocycles. The molecule has 0 aliphatic rings. The molecule has 14 heavy (non-hydrogen) atoms. The number of hydrogen-bond donors (Lipinski definition) is 1. The molecule has 76 valence electrons. The van der Waals surface area contributed by atoms with E-state index < -0.39 is 6.04 Å². The first-order valence-electron chi connectivity index (χ1n) is 4.46.